The Morgan fingerprint density at radius 3 is 2.81 bits per heavy atom. The predicted molar refractivity (Wildman–Crippen MR) is 77.3 cm³/mol. The number of fused-ring (bicyclic) bond motifs is 1. The molecule has 1 amide bonds. The van der Waals surface area contributed by atoms with Crippen molar-refractivity contribution in [3.05, 3.63) is 69.5 Å². The first-order valence-corrected chi connectivity index (χ1v) is 6.85. The minimum absolute atomic E-state index is 0.0985. The standard InChI is InChI=1S/C16H11ClFNO2/c17-11-3-4-14(18)13(8-11)15(20)10-2-1-9-5-6-19-16(21)12(9)7-10/h1-4,7-8H,5-6H2,(H,19,21). The molecule has 0 bridgehead atoms. The third-order valence-corrected chi connectivity index (χ3v) is 3.70. The van der Waals surface area contributed by atoms with Gasteiger partial charge in [-0.05, 0) is 36.2 Å². The summed E-state index contributed by atoms with van der Waals surface area (Å²) >= 11 is 5.80. The summed E-state index contributed by atoms with van der Waals surface area (Å²) in [5, 5.41) is 3.01. The van der Waals surface area contributed by atoms with E-state index in [4.69, 9.17) is 11.6 Å². The molecule has 2 aromatic carbocycles. The van der Waals surface area contributed by atoms with Crippen LogP contribution in [0.1, 0.15) is 31.8 Å². The summed E-state index contributed by atoms with van der Waals surface area (Å²) in [5.41, 5.74) is 1.53. The molecule has 1 aliphatic rings. The van der Waals surface area contributed by atoms with E-state index in [1.54, 1.807) is 12.1 Å². The van der Waals surface area contributed by atoms with Crippen LogP contribution in [0.15, 0.2) is 36.4 Å². The van der Waals surface area contributed by atoms with E-state index in [0.717, 1.165) is 18.1 Å². The van der Waals surface area contributed by atoms with Crippen molar-refractivity contribution >= 4 is 23.3 Å². The van der Waals surface area contributed by atoms with Crippen LogP contribution in [0.3, 0.4) is 0 Å². The van der Waals surface area contributed by atoms with Crippen LogP contribution < -0.4 is 5.32 Å². The van der Waals surface area contributed by atoms with Gasteiger partial charge in [0.25, 0.3) is 5.91 Å². The zero-order valence-corrected chi connectivity index (χ0v) is 11.7. The van der Waals surface area contributed by atoms with Gasteiger partial charge in [0.2, 0.25) is 0 Å². The molecular weight excluding hydrogens is 293 g/mol. The van der Waals surface area contributed by atoms with Crippen LogP contribution in [0.25, 0.3) is 0 Å². The van der Waals surface area contributed by atoms with Gasteiger partial charge in [-0.2, -0.15) is 0 Å². The van der Waals surface area contributed by atoms with Gasteiger partial charge < -0.3 is 5.32 Å². The van der Waals surface area contributed by atoms with Gasteiger partial charge >= 0.3 is 0 Å². The highest BCUT2D eigenvalue weighted by Gasteiger charge is 2.20. The van der Waals surface area contributed by atoms with E-state index in [1.165, 1.54) is 18.2 Å². The van der Waals surface area contributed by atoms with Gasteiger partial charge in [0.15, 0.2) is 5.78 Å². The van der Waals surface area contributed by atoms with E-state index < -0.39 is 11.6 Å². The van der Waals surface area contributed by atoms with Gasteiger partial charge in [-0.1, -0.05) is 23.7 Å². The maximum atomic E-state index is 13.8. The van der Waals surface area contributed by atoms with Crippen molar-refractivity contribution in [1.82, 2.24) is 5.32 Å². The molecule has 0 saturated heterocycles. The van der Waals surface area contributed by atoms with Gasteiger partial charge in [0.05, 0.1) is 5.56 Å². The molecule has 0 aromatic heterocycles. The highest BCUT2D eigenvalue weighted by atomic mass is 35.5. The third kappa shape index (κ3) is 2.54. The van der Waals surface area contributed by atoms with E-state index in [2.05, 4.69) is 5.32 Å². The molecule has 1 heterocycles. The van der Waals surface area contributed by atoms with Crippen LogP contribution in [0.5, 0.6) is 0 Å². The van der Waals surface area contributed by atoms with E-state index in [-0.39, 0.29) is 22.1 Å². The number of rotatable bonds is 2. The quantitative estimate of drug-likeness (QED) is 0.867. The topological polar surface area (TPSA) is 46.2 Å². The van der Waals surface area contributed by atoms with Gasteiger partial charge in [0.1, 0.15) is 5.82 Å². The molecule has 3 rings (SSSR count). The van der Waals surface area contributed by atoms with Crippen molar-refractivity contribution in [3.63, 3.8) is 0 Å². The lowest BCUT2D eigenvalue weighted by Gasteiger charge is -2.17. The Balaban J connectivity index is 2.04. The zero-order chi connectivity index (χ0) is 15.0. The number of nitrogens with one attached hydrogen (secondary N) is 1. The summed E-state index contributed by atoms with van der Waals surface area (Å²) in [6.07, 6.45) is 0.723. The molecule has 1 N–H and O–H groups in total. The molecule has 0 fully saturated rings. The summed E-state index contributed by atoms with van der Waals surface area (Å²) in [6.45, 7) is 0.585. The molecule has 106 valence electrons. The Kier molecular flexibility index (Phi) is 3.47. The Morgan fingerprint density at radius 1 is 1.19 bits per heavy atom. The normalized spacial score (nSPS) is 13.5. The second-order valence-corrected chi connectivity index (χ2v) is 5.27. The molecule has 2 aromatic rings. The Labute approximate surface area is 125 Å². The van der Waals surface area contributed by atoms with Crippen LogP contribution in [-0.4, -0.2) is 18.2 Å². The first-order valence-electron chi connectivity index (χ1n) is 6.47. The molecule has 5 heteroatoms. The van der Waals surface area contributed by atoms with E-state index in [0.29, 0.717) is 12.1 Å². The fraction of sp³-hybridized carbons (Fsp3) is 0.125. The van der Waals surface area contributed by atoms with E-state index >= 15 is 0 Å². The molecule has 0 atom stereocenters. The molecule has 3 nitrogen and oxygen atoms in total. The number of amides is 1. The molecule has 21 heavy (non-hydrogen) atoms. The van der Waals surface area contributed by atoms with Crippen molar-refractivity contribution in [2.75, 3.05) is 6.54 Å². The number of hydrogen-bond acceptors (Lipinski definition) is 2. The van der Waals surface area contributed by atoms with Crippen LogP contribution in [0.2, 0.25) is 5.02 Å². The van der Waals surface area contributed by atoms with Crippen LogP contribution in [-0.2, 0) is 6.42 Å². The average molecular weight is 304 g/mol. The van der Waals surface area contributed by atoms with Crippen LogP contribution in [0, 0.1) is 5.82 Å². The second kappa shape index (κ2) is 5.30. The zero-order valence-electron chi connectivity index (χ0n) is 11.0. The Bertz CT molecular complexity index is 758. The number of hydrogen-bond donors (Lipinski definition) is 1. The van der Waals surface area contributed by atoms with Gasteiger partial charge in [0, 0.05) is 22.7 Å². The van der Waals surface area contributed by atoms with Crippen LogP contribution in [0.4, 0.5) is 4.39 Å². The third-order valence-electron chi connectivity index (χ3n) is 3.47. The minimum Gasteiger partial charge on any atom is -0.352 e. The Morgan fingerprint density at radius 2 is 2.00 bits per heavy atom. The minimum atomic E-state index is -0.633. The van der Waals surface area contributed by atoms with Crippen LogP contribution >= 0.6 is 11.6 Å². The summed E-state index contributed by atoms with van der Waals surface area (Å²) in [6, 6.07) is 8.68. The summed E-state index contributed by atoms with van der Waals surface area (Å²) in [5.74, 6) is -1.33. The number of halogens is 2. The summed E-state index contributed by atoms with van der Waals surface area (Å²) in [4.78, 5) is 24.2. The summed E-state index contributed by atoms with van der Waals surface area (Å²) < 4.78 is 13.8. The fourth-order valence-corrected chi connectivity index (χ4v) is 2.55. The van der Waals surface area contributed by atoms with Crippen molar-refractivity contribution in [2.24, 2.45) is 0 Å². The van der Waals surface area contributed by atoms with Crippen molar-refractivity contribution < 1.29 is 14.0 Å². The SMILES string of the molecule is O=C(c1ccc2c(c1)C(=O)NCC2)c1cc(Cl)ccc1F. The number of carbonyl (C=O) groups excluding carboxylic acids is 2. The van der Waals surface area contributed by atoms with Crippen molar-refractivity contribution in [1.29, 1.82) is 0 Å². The van der Waals surface area contributed by atoms with Crippen molar-refractivity contribution in [2.45, 2.75) is 6.42 Å². The first-order chi connectivity index (χ1) is 10.1. The highest BCUT2D eigenvalue weighted by molar-refractivity contribution is 6.31. The second-order valence-electron chi connectivity index (χ2n) is 4.83. The molecule has 0 radical (unpaired) electrons. The lowest BCUT2D eigenvalue weighted by molar-refractivity contribution is 0.0946. The lowest BCUT2D eigenvalue weighted by Crippen LogP contribution is -2.32. The molecule has 0 saturated carbocycles. The molecule has 0 unspecified atom stereocenters. The van der Waals surface area contributed by atoms with Gasteiger partial charge in [-0.25, -0.2) is 4.39 Å². The molecule has 1 aliphatic heterocycles. The number of benzene rings is 2. The number of ketones is 1. The lowest BCUT2D eigenvalue weighted by atomic mass is 9.94. The van der Waals surface area contributed by atoms with E-state index in [1.807, 2.05) is 0 Å². The molecule has 0 spiro atoms. The smallest absolute Gasteiger partial charge is 0.251 e. The van der Waals surface area contributed by atoms with Gasteiger partial charge in [-0.3, -0.25) is 9.59 Å². The fourth-order valence-electron chi connectivity index (χ4n) is 2.38. The first kappa shape index (κ1) is 13.8. The van der Waals surface area contributed by atoms with Crippen molar-refractivity contribution in [3.8, 4) is 0 Å². The van der Waals surface area contributed by atoms with Gasteiger partial charge in [-0.15, -0.1) is 0 Å². The number of carbonyl (C=O) groups is 2. The highest BCUT2D eigenvalue weighted by Crippen LogP contribution is 2.21. The Hall–Kier alpha value is -2.20. The maximum absolute atomic E-state index is 13.8. The monoisotopic (exact) mass is 303 g/mol. The average Bonchev–Trinajstić information content (AvgIpc) is 2.49. The summed E-state index contributed by atoms with van der Waals surface area (Å²) in [7, 11) is 0. The molecule has 0 aliphatic carbocycles. The molecular formula is C16H11ClFNO2. The maximum Gasteiger partial charge on any atom is 0.251 e. The van der Waals surface area contributed by atoms with E-state index in [9.17, 15) is 14.0 Å². The largest absolute Gasteiger partial charge is 0.352 e. The predicted octanol–water partition coefficient (Wildman–Crippen LogP) is 3.00.